The summed E-state index contributed by atoms with van der Waals surface area (Å²) < 4.78 is 27.8. The van der Waals surface area contributed by atoms with E-state index in [0.29, 0.717) is 18.4 Å². The molecule has 0 aromatic heterocycles. The van der Waals surface area contributed by atoms with Crippen LogP contribution in [0, 0.1) is 0 Å². The summed E-state index contributed by atoms with van der Waals surface area (Å²) in [5, 5.41) is 8.26. The first kappa shape index (κ1) is 15.2. The molecule has 112 valence electrons. The summed E-state index contributed by atoms with van der Waals surface area (Å²) in [5.74, 6) is 0.661. The molecule has 0 bridgehead atoms. The molecule has 0 spiro atoms. The number of likely N-dealkylation sites (tertiary alicyclic amines) is 1. The number of benzene rings is 1. The van der Waals surface area contributed by atoms with Gasteiger partial charge in [0.15, 0.2) is 0 Å². The number of nitrogens with one attached hydrogen (secondary N) is 1. The van der Waals surface area contributed by atoms with Crippen molar-refractivity contribution >= 4 is 10.0 Å². The second-order valence-electron chi connectivity index (χ2n) is 4.96. The third kappa shape index (κ3) is 4.17. The van der Waals surface area contributed by atoms with E-state index in [1.807, 2.05) is 7.05 Å². The monoisotopic (exact) mass is 299 g/mol. The number of likely N-dealkylation sites (N-methyl/N-ethyl adjacent to an activating group) is 1. The summed E-state index contributed by atoms with van der Waals surface area (Å²) in [6.45, 7) is 3.84. The van der Waals surface area contributed by atoms with E-state index in [1.54, 1.807) is 12.1 Å². The van der Waals surface area contributed by atoms with Crippen LogP contribution in [0.25, 0.3) is 0 Å². The fourth-order valence-electron chi connectivity index (χ4n) is 2.14. The molecule has 1 saturated heterocycles. The average molecular weight is 299 g/mol. The highest BCUT2D eigenvalue weighted by molar-refractivity contribution is 7.89. The molecule has 0 aliphatic carbocycles. The zero-order valence-electron chi connectivity index (χ0n) is 11.6. The molecule has 1 fully saturated rings. The molecule has 1 aliphatic rings. The van der Waals surface area contributed by atoms with Crippen LogP contribution in [0.3, 0.4) is 0 Å². The number of ether oxygens (including phenoxy) is 1. The van der Waals surface area contributed by atoms with Crippen molar-refractivity contribution < 1.29 is 13.2 Å². The van der Waals surface area contributed by atoms with Crippen LogP contribution in [0.2, 0.25) is 0 Å². The fourth-order valence-corrected chi connectivity index (χ4v) is 2.65. The Morgan fingerprint density at radius 3 is 2.55 bits per heavy atom. The lowest BCUT2D eigenvalue weighted by Gasteiger charge is -2.39. The molecule has 2 rings (SSSR count). The molecule has 20 heavy (non-hydrogen) atoms. The number of hydrogen-bond donors (Lipinski definition) is 2. The van der Waals surface area contributed by atoms with Gasteiger partial charge in [0.05, 0.1) is 11.5 Å². The van der Waals surface area contributed by atoms with E-state index >= 15 is 0 Å². The van der Waals surface area contributed by atoms with Gasteiger partial charge in [-0.05, 0) is 37.7 Å². The zero-order valence-corrected chi connectivity index (χ0v) is 12.4. The van der Waals surface area contributed by atoms with E-state index in [1.165, 1.54) is 12.1 Å². The van der Waals surface area contributed by atoms with Gasteiger partial charge in [-0.15, -0.1) is 0 Å². The Kier molecular flexibility index (Phi) is 4.98. The van der Waals surface area contributed by atoms with Crippen molar-refractivity contribution in [2.45, 2.75) is 17.4 Å². The molecule has 1 heterocycles. The summed E-state index contributed by atoms with van der Waals surface area (Å²) in [6, 6.07) is 6.79. The molecule has 6 nitrogen and oxygen atoms in total. The number of sulfonamides is 1. The normalized spacial score (nSPS) is 16.9. The van der Waals surface area contributed by atoms with Crippen molar-refractivity contribution in [3.63, 3.8) is 0 Å². The minimum atomic E-state index is -3.63. The summed E-state index contributed by atoms with van der Waals surface area (Å²) in [6.07, 6.45) is 0.952. The summed E-state index contributed by atoms with van der Waals surface area (Å²) in [4.78, 5) is 2.47. The Morgan fingerprint density at radius 1 is 1.35 bits per heavy atom. The number of rotatable bonds is 7. The van der Waals surface area contributed by atoms with Crippen molar-refractivity contribution in [2.24, 2.45) is 5.14 Å². The molecule has 0 amide bonds. The Labute approximate surface area is 120 Å². The van der Waals surface area contributed by atoms with Crippen LogP contribution in [0.5, 0.6) is 5.75 Å². The lowest BCUT2D eigenvalue weighted by molar-refractivity contribution is 0.122. The van der Waals surface area contributed by atoms with E-state index in [2.05, 4.69) is 10.2 Å². The molecule has 7 heteroatoms. The summed E-state index contributed by atoms with van der Waals surface area (Å²) in [5.41, 5.74) is 0. The smallest absolute Gasteiger partial charge is 0.238 e. The fraction of sp³-hybridized carbons (Fsp3) is 0.538. The Bertz CT molecular complexity index is 524. The molecule has 1 aromatic rings. The Morgan fingerprint density at radius 2 is 2.00 bits per heavy atom. The van der Waals surface area contributed by atoms with Gasteiger partial charge in [-0.1, -0.05) is 0 Å². The van der Waals surface area contributed by atoms with Crippen molar-refractivity contribution in [2.75, 3.05) is 33.3 Å². The van der Waals surface area contributed by atoms with Crippen LogP contribution < -0.4 is 15.2 Å². The predicted octanol–water partition coefficient (Wildman–Crippen LogP) is 0.00650. The molecule has 1 aromatic carbocycles. The minimum absolute atomic E-state index is 0.100. The van der Waals surface area contributed by atoms with Crippen LogP contribution >= 0.6 is 0 Å². The van der Waals surface area contributed by atoms with Crippen molar-refractivity contribution in [3.8, 4) is 5.75 Å². The van der Waals surface area contributed by atoms with Crippen LogP contribution in [-0.2, 0) is 10.0 Å². The van der Waals surface area contributed by atoms with Crippen molar-refractivity contribution in [3.05, 3.63) is 24.3 Å². The maximum absolute atomic E-state index is 11.1. The molecule has 0 saturated carbocycles. The van der Waals surface area contributed by atoms with Crippen LogP contribution in [0.15, 0.2) is 29.2 Å². The van der Waals surface area contributed by atoms with E-state index in [-0.39, 0.29) is 4.90 Å². The lowest BCUT2D eigenvalue weighted by atomic mass is 10.1. The lowest BCUT2D eigenvalue weighted by Crippen LogP contribution is -2.57. The standard InChI is InChI=1S/C13H21N3O3S/c1-15-11-9-16(10-11)7-2-8-19-12-3-5-13(6-4-12)20(14,17)18/h3-6,11,15H,2,7-10H2,1H3,(H2,14,17,18). The summed E-state index contributed by atoms with van der Waals surface area (Å²) >= 11 is 0. The largest absolute Gasteiger partial charge is 0.494 e. The van der Waals surface area contributed by atoms with Gasteiger partial charge in [-0.25, -0.2) is 13.6 Å². The molecule has 3 N–H and O–H groups in total. The molecule has 0 unspecified atom stereocenters. The highest BCUT2D eigenvalue weighted by atomic mass is 32.2. The quantitative estimate of drug-likeness (QED) is 0.693. The predicted molar refractivity (Wildman–Crippen MR) is 77.2 cm³/mol. The third-order valence-electron chi connectivity index (χ3n) is 3.41. The summed E-state index contributed by atoms with van der Waals surface area (Å²) in [7, 11) is -1.65. The van der Waals surface area contributed by atoms with Crippen molar-refractivity contribution in [1.82, 2.24) is 10.2 Å². The SMILES string of the molecule is CNC1CN(CCCOc2ccc(S(N)(=O)=O)cc2)C1. The van der Waals surface area contributed by atoms with Gasteiger partial charge in [0.1, 0.15) is 5.75 Å². The number of nitrogens with zero attached hydrogens (tertiary/aromatic N) is 1. The molecule has 0 atom stereocenters. The topological polar surface area (TPSA) is 84.7 Å². The second-order valence-corrected chi connectivity index (χ2v) is 6.53. The van der Waals surface area contributed by atoms with Gasteiger partial charge in [-0.3, -0.25) is 0 Å². The maximum atomic E-state index is 11.1. The molecule has 0 radical (unpaired) electrons. The molecular weight excluding hydrogens is 278 g/mol. The van der Waals surface area contributed by atoms with E-state index in [4.69, 9.17) is 9.88 Å². The van der Waals surface area contributed by atoms with Crippen LogP contribution in [0.4, 0.5) is 0 Å². The molecule has 1 aliphatic heterocycles. The number of hydrogen-bond acceptors (Lipinski definition) is 5. The third-order valence-corrected chi connectivity index (χ3v) is 4.33. The van der Waals surface area contributed by atoms with Gasteiger partial charge in [-0.2, -0.15) is 0 Å². The van der Waals surface area contributed by atoms with Gasteiger partial charge < -0.3 is 15.0 Å². The molecular formula is C13H21N3O3S. The number of nitrogens with two attached hydrogens (primary N) is 1. The van der Waals surface area contributed by atoms with Gasteiger partial charge in [0.25, 0.3) is 0 Å². The zero-order chi connectivity index (χ0) is 14.6. The highest BCUT2D eigenvalue weighted by Crippen LogP contribution is 2.15. The van der Waals surface area contributed by atoms with E-state index in [9.17, 15) is 8.42 Å². The first-order valence-corrected chi connectivity index (χ1v) is 8.19. The average Bonchev–Trinajstić information content (AvgIpc) is 2.36. The van der Waals surface area contributed by atoms with Crippen LogP contribution in [-0.4, -0.2) is 52.6 Å². The van der Waals surface area contributed by atoms with Gasteiger partial charge in [0, 0.05) is 25.7 Å². The van der Waals surface area contributed by atoms with Crippen LogP contribution in [0.1, 0.15) is 6.42 Å². The highest BCUT2D eigenvalue weighted by Gasteiger charge is 2.23. The Balaban J connectivity index is 1.67. The van der Waals surface area contributed by atoms with Gasteiger partial charge >= 0.3 is 0 Å². The van der Waals surface area contributed by atoms with E-state index < -0.39 is 10.0 Å². The van der Waals surface area contributed by atoms with Crippen molar-refractivity contribution in [1.29, 1.82) is 0 Å². The number of primary sulfonamides is 1. The first-order chi connectivity index (χ1) is 9.49. The maximum Gasteiger partial charge on any atom is 0.238 e. The first-order valence-electron chi connectivity index (χ1n) is 6.64. The second kappa shape index (κ2) is 6.53. The minimum Gasteiger partial charge on any atom is -0.494 e. The Hall–Kier alpha value is -1.15. The van der Waals surface area contributed by atoms with Gasteiger partial charge in [0.2, 0.25) is 10.0 Å². The van der Waals surface area contributed by atoms with E-state index in [0.717, 1.165) is 26.1 Å².